The minimum Gasteiger partial charge on any atom is -0.312 e. The average Bonchev–Trinajstić information content (AvgIpc) is 2.65. The summed E-state index contributed by atoms with van der Waals surface area (Å²) in [6, 6.07) is 8.12. The number of anilines is 1. The van der Waals surface area contributed by atoms with Crippen molar-refractivity contribution in [1.82, 2.24) is 4.31 Å². The van der Waals surface area contributed by atoms with Crippen LogP contribution in [-0.4, -0.2) is 44.0 Å². The first kappa shape index (κ1) is 18.4. The van der Waals surface area contributed by atoms with Crippen LogP contribution >= 0.6 is 0 Å². The number of sulfonamides is 1. The van der Waals surface area contributed by atoms with Gasteiger partial charge in [0.05, 0.1) is 5.75 Å². The molecule has 0 spiro atoms. The van der Waals surface area contributed by atoms with Gasteiger partial charge in [-0.05, 0) is 43.7 Å². The third-order valence-electron chi connectivity index (χ3n) is 5.33. The van der Waals surface area contributed by atoms with Gasteiger partial charge in [-0.1, -0.05) is 31.5 Å². The van der Waals surface area contributed by atoms with E-state index in [-0.39, 0.29) is 17.6 Å². The first-order valence-corrected chi connectivity index (χ1v) is 11.0. The normalized spacial score (nSPS) is 19.6. The number of hydrogen-bond acceptors (Lipinski definition) is 3. The van der Waals surface area contributed by atoms with Crippen LogP contribution in [0.25, 0.3) is 0 Å². The molecule has 0 atom stereocenters. The molecule has 25 heavy (non-hydrogen) atoms. The molecule has 3 rings (SSSR count). The van der Waals surface area contributed by atoms with Crippen LogP contribution in [0.15, 0.2) is 24.3 Å². The molecule has 2 aliphatic heterocycles. The van der Waals surface area contributed by atoms with Gasteiger partial charge >= 0.3 is 0 Å². The molecule has 138 valence electrons. The molecular formula is C19H28N2O3S. The zero-order valence-corrected chi connectivity index (χ0v) is 15.8. The fourth-order valence-corrected chi connectivity index (χ4v) is 5.50. The number of nitrogens with zero attached hydrogens (tertiary/aromatic N) is 2. The lowest BCUT2D eigenvalue weighted by molar-refractivity contribution is -0.123. The second kappa shape index (κ2) is 7.87. The summed E-state index contributed by atoms with van der Waals surface area (Å²) in [5.74, 6) is 0.322. The minimum atomic E-state index is -3.16. The Morgan fingerprint density at radius 1 is 1.16 bits per heavy atom. The van der Waals surface area contributed by atoms with Crippen molar-refractivity contribution in [3.8, 4) is 0 Å². The van der Waals surface area contributed by atoms with Crippen LogP contribution in [0.4, 0.5) is 5.69 Å². The molecule has 2 heterocycles. The predicted molar refractivity (Wildman–Crippen MR) is 100 cm³/mol. The Hall–Kier alpha value is -1.40. The van der Waals surface area contributed by atoms with Gasteiger partial charge in [0.2, 0.25) is 15.9 Å². The van der Waals surface area contributed by atoms with E-state index in [0.717, 1.165) is 31.5 Å². The number of aryl methyl sites for hydroxylation is 1. The Morgan fingerprint density at radius 3 is 2.60 bits per heavy atom. The highest BCUT2D eigenvalue weighted by Gasteiger charge is 2.34. The van der Waals surface area contributed by atoms with Gasteiger partial charge in [0.15, 0.2) is 0 Å². The maximum absolute atomic E-state index is 13.0. The van der Waals surface area contributed by atoms with E-state index in [1.807, 2.05) is 30.0 Å². The van der Waals surface area contributed by atoms with Crippen molar-refractivity contribution in [3.05, 3.63) is 29.8 Å². The Morgan fingerprint density at radius 2 is 1.88 bits per heavy atom. The number of rotatable bonds is 5. The van der Waals surface area contributed by atoms with E-state index in [2.05, 4.69) is 6.07 Å². The topological polar surface area (TPSA) is 57.7 Å². The third kappa shape index (κ3) is 4.06. The Bertz CT molecular complexity index is 709. The van der Waals surface area contributed by atoms with Crippen LogP contribution < -0.4 is 4.90 Å². The number of para-hydroxylation sites is 1. The maximum Gasteiger partial charge on any atom is 0.230 e. The minimum absolute atomic E-state index is 0.0659. The summed E-state index contributed by atoms with van der Waals surface area (Å²) < 4.78 is 26.2. The summed E-state index contributed by atoms with van der Waals surface area (Å²) in [5, 5.41) is 0. The van der Waals surface area contributed by atoms with E-state index in [4.69, 9.17) is 0 Å². The first-order chi connectivity index (χ1) is 12.0. The summed E-state index contributed by atoms with van der Waals surface area (Å²) in [4.78, 5) is 14.9. The number of piperidine rings is 1. The van der Waals surface area contributed by atoms with E-state index in [1.54, 1.807) is 4.31 Å². The van der Waals surface area contributed by atoms with Gasteiger partial charge in [-0.15, -0.1) is 0 Å². The van der Waals surface area contributed by atoms with E-state index >= 15 is 0 Å². The average molecular weight is 365 g/mol. The molecule has 1 saturated heterocycles. The van der Waals surface area contributed by atoms with Crippen molar-refractivity contribution in [2.75, 3.05) is 30.3 Å². The Labute approximate surface area is 151 Å². The zero-order valence-electron chi connectivity index (χ0n) is 15.0. The van der Waals surface area contributed by atoms with Crippen molar-refractivity contribution >= 4 is 21.6 Å². The van der Waals surface area contributed by atoms with Gasteiger partial charge in [0.25, 0.3) is 0 Å². The lowest BCUT2D eigenvalue weighted by atomic mass is 9.94. The van der Waals surface area contributed by atoms with Crippen LogP contribution in [0, 0.1) is 5.92 Å². The molecule has 0 radical (unpaired) electrons. The molecule has 2 aliphatic rings. The van der Waals surface area contributed by atoms with E-state index in [0.29, 0.717) is 32.4 Å². The molecular weight excluding hydrogens is 336 g/mol. The number of carbonyl (C=O) groups is 1. The lowest BCUT2D eigenvalue weighted by Gasteiger charge is -2.36. The highest BCUT2D eigenvalue weighted by atomic mass is 32.2. The summed E-state index contributed by atoms with van der Waals surface area (Å²) in [7, 11) is -3.16. The second-order valence-corrected chi connectivity index (χ2v) is 9.15. The molecule has 0 bridgehead atoms. The molecule has 1 aromatic carbocycles. The van der Waals surface area contributed by atoms with Crippen molar-refractivity contribution in [2.45, 2.75) is 45.4 Å². The number of carbonyl (C=O) groups excluding carboxylic acids is 1. The molecule has 1 amide bonds. The lowest BCUT2D eigenvalue weighted by Crippen LogP contribution is -2.46. The number of unbranched alkanes of at least 4 members (excludes halogenated alkanes) is 1. The van der Waals surface area contributed by atoms with Gasteiger partial charge in [0, 0.05) is 31.2 Å². The molecule has 0 aromatic heterocycles. The predicted octanol–water partition coefficient (Wildman–Crippen LogP) is 2.81. The molecule has 1 aromatic rings. The maximum atomic E-state index is 13.0. The fourth-order valence-electron chi connectivity index (χ4n) is 3.82. The molecule has 0 aliphatic carbocycles. The summed E-state index contributed by atoms with van der Waals surface area (Å²) in [6.45, 7) is 3.71. The van der Waals surface area contributed by atoms with Crippen molar-refractivity contribution in [1.29, 1.82) is 0 Å². The number of amides is 1. The van der Waals surface area contributed by atoms with Crippen molar-refractivity contribution in [2.24, 2.45) is 5.92 Å². The molecule has 1 fully saturated rings. The monoisotopic (exact) mass is 364 g/mol. The Kier molecular flexibility index (Phi) is 5.79. The Balaban J connectivity index is 1.63. The second-order valence-electron chi connectivity index (χ2n) is 7.07. The van der Waals surface area contributed by atoms with Gasteiger partial charge in [-0.25, -0.2) is 12.7 Å². The van der Waals surface area contributed by atoms with Gasteiger partial charge in [-0.3, -0.25) is 4.79 Å². The molecule has 6 heteroatoms. The van der Waals surface area contributed by atoms with Crippen LogP contribution in [0.2, 0.25) is 0 Å². The molecule has 0 saturated carbocycles. The van der Waals surface area contributed by atoms with Crippen LogP contribution in [0.5, 0.6) is 0 Å². The van der Waals surface area contributed by atoms with Gasteiger partial charge in [-0.2, -0.15) is 0 Å². The van der Waals surface area contributed by atoms with Gasteiger partial charge < -0.3 is 4.90 Å². The van der Waals surface area contributed by atoms with Crippen LogP contribution in [0.1, 0.15) is 44.6 Å². The largest absolute Gasteiger partial charge is 0.312 e. The summed E-state index contributed by atoms with van der Waals surface area (Å²) in [6.07, 6.45) is 4.85. The van der Waals surface area contributed by atoms with Gasteiger partial charge in [0.1, 0.15) is 0 Å². The van der Waals surface area contributed by atoms with Crippen molar-refractivity contribution in [3.63, 3.8) is 0 Å². The summed E-state index contributed by atoms with van der Waals surface area (Å²) in [5.41, 5.74) is 2.28. The number of hydrogen-bond donors (Lipinski definition) is 0. The number of fused-ring (bicyclic) bond motifs is 1. The molecule has 5 nitrogen and oxygen atoms in total. The van der Waals surface area contributed by atoms with Crippen LogP contribution in [0.3, 0.4) is 0 Å². The summed E-state index contributed by atoms with van der Waals surface area (Å²) >= 11 is 0. The van der Waals surface area contributed by atoms with Crippen LogP contribution in [-0.2, 0) is 21.2 Å². The van der Waals surface area contributed by atoms with E-state index in [9.17, 15) is 13.2 Å². The molecule has 0 unspecified atom stereocenters. The third-order valence-corrected chi connectivity index (χ3v) is 7.29. The first-order valence-electron chi connectivity index (χ1n) is 9.40. The standard InChI is InChI=1S/C19H28N2O3S/c1-2-3-15-25(23,24)20-13-10-17(11-14-20)19(22)21-12-6-8-16-7-4-5-9-18(16)21/h4-5,7,9,17H,2-3,6,8,10-15H2,1H3. The zero-order chi connectivity index (χ0) is 17.9. The van der Waals surface area contributed by atoms with E-state index < -0.39 is 10.0 Å². The highest BCUT2D eigenvalue weighted by molar-refractivity contribution is 7.89. The number of benzene rings is 1. The smallest absolute Gasteiger partial charge is 0.230 e. The SMILES string of the molecule is CCCCS(=O)(=O)N1CCC(C(=O)N2CCCc3ccccc32)CC1. The molecule has 0 N–H and O–H groups in total. The van der Waals surface area contributed by atoms with E-state index in [1.165, 1.54) is 5.56 Å². The van der Waals surface area contributed by atoms with Crippen molar-refractivity contribution < 1.29 is 13.2 Å². The highest BCUT2D eigenvalue weighted by Crippen LogP contribution is 2.30. The fraction of sp³-hybridized carbons (Fsp3) is 0.632. The quantitative estimate of drug-likeness (QED) is 0.807.